The Kier molecular flexibility index (Phi) is 12.0. The van der Waals surface area contributed by atoms with E-state index in [4.69, 9.17) is 4.74 Å². The minimum Gasteiger partial charge on any atom is -0.385 e. The smallest absolute Gasteiger partial charge is 0.191 e. The first-order valence-corrected chi connectivity index (χ1v) is 7.12. The minimum atomic E-state index is -0.425. The van der Waals surface area contributed by atoms with E-state index in [9.17, 15) is 8.78 Å². The van der Waals surface area contributed by atoms with Gasteiger partial charge in [0.2, 0.25) is 0 Å². The van der Waals surface area contributed by atoms with E-state index in [0.717, 1.165) is 25.1 Å². The molecule has 4 nitrogen and oxygen atoms in total. The zero-order valence-electron chi connectivity index (χ0n) is 13.0. The highest BCUT2D eigenvalue weighted by Gasteiger charge is 2.04. The minimum absolute atomic E-state index is 0. The average molecular weight is 427 g/mol. The van der Waals surface area contributed by atoms with Gasteiger partial charge >= 0.3 is 0 Å². The van der Waals surface area contributed by atoms with Crippen LogP contribution in [0.25, 0.3) is 0 Å². The Morgan fingerprint density at radius 3 is 2.73 bits per heavy atom. The van der Waals surface area contributed by atoms with Crippen LogP contribution in [-0.2, 0) is 11.2 Å². The largest absolute Gasteiger partial charge is 0.385 e. The Morgan fingerprint density at radius 1 is 1.27 bits per heavy atom. The van der Waals surface area contributed by atoms with Gasteiger partial charge in [0.15, 0.2) is 5.96 Å². The molecule has 0 radical (unpaired) electrons. The highest BCUT2D eigenvalue weighted by atomic mass is 127. The van der Waals surface area contributed by atoms with Gasteiger partial charge in [-0.1, -0.05) is 0 Å². The molecule has 0 fully saturated rings. The Labute approximate surface area is 147 Å². The van der Waals surface area contributed by atoms with Crippen LogP contribution in [0.3, 0.4) is 0 Å². The molecule has 0 heterocycles. The highest BCUT2D eigenvalue weighted by Crippen LogP contribution is 2.09. The molecule has 0 aromatic heterocycles. The SMILES string of the molecule is CCNC(=NCCCOC)NCCc1cc(F)ccc1F.I. The molecular weight excluding hydrogens is 403 g/mol. The molecule has 22 heavy (non-hydrogen) atoms. The number of halogens is 3. The molecular formula is C15H24F2IN3O. The first kappa shape index (κ1) is 21.0. The number of guanidine groups is 1. The van der Waals surface area contributed by atoms with Crippen LogP contribution >= 0.6 is 24.0 Å². The van der Waals surface area contributed by atoms with Crippen molar-refractivity contribution in [2.45, 2.75) is 19.8 Å². The lowest BCUT2D eigenvalue weighted by Gasteiger charge is -2.11. The van der Waals surface area contributed by atoms with Gasteiger partial charge in [0, 0.05) is 33.4 Å². The van der Waals surface area contributed by atoms with Gasteiger partial charge in [0.25, 0.3) is 0 Å². The maximum absolute atomic E-state index is 13.5. The van der Waals surface area contributed by atoms with E-state index >= 15 is 0 Å². The summed E-state index contributed by atoms with van der Waals surface area (Å²) in [4.78, 5) is 4.37. The lowest BCUT2D eigenvalue weighted by molar-refractivity contribution is 0.197. The molecule has 1 rings (SSSR count). The van der Waals surface area contributed by atoms with Crippen molar-refractivity contribution in [3.05, 3.63) is 35.4 Å². The van der Waals surface area contributed by atoms with Gasteiger partial charge in [-0.15, -0.1) is 24.0 Å². The summed E-state index contributed by atoms with van der Waals surface area (Å²) < 4.78 is 31.5. The molecule has 0 saturated heterocycles. The normalized spacial score (nSPS) is 11.0. The van der Waals surface area contributed by atoms with Crippen LogP contribution in [-0.4, -0.2) is 39.3 Å². The van der Waals surface area contributed by atoms with Crippen LogP contribution in [0.5, 0.6) is 0 Å². The Hall–Kier alpha value is -0.960. The second-order valence-corrected chi connectivity index (χ2v) is 4.52. The lowest BCUT2D eigenvalue weighted by atomic mass is 10.1. The van der Waals surface area contributed by atoms with E-state index in [2.05, 4.69) is 15.6 Å². The number of nitrogens with zero attached hydrogens (tertiary/aromatic N) is 1. The van der Waals surface area contributed by atoms with Gasteiger partial charge in [-0.05, 0) is 43.5 Å². The van der Waals surface area contributed by atoms with Gasteiger partial charge in [-0.25, -0.2) is 8.78 Å². The number of hydrogen-bond donors (Lipinski definition) is 2. The van der Waals surface area contributed by atoms with Gasteiger partial charge in [0.05, 0.1) is 0 Å². The van der Waals surface area contributed by atoms with Crippen molar-refractivity contribution in [2.75, 3.05) is 33.4 Å². The first-order valence-electron chi connectivity index (χ1n) is 7.12. The zero-order chi connectivity index (χ0) is 15.5. The maximum atomic E-state index is 13.5. The fourth-order valence-electron chi connectivity index (χ4n) is 1.79. The monoisotopic (exact) mass is 427 g/mol. The van der Waals surface area contributed by atoms with E-state index in [1.807, 2.05) is 6.92 Å². The zero-order valence-corrected chi connectivity index (χ0v) is 15.3. The van der Waals surface area contributed by atoms with Crippen molar-refractivity contribution in [1.29, 1.82) is 0 Å². The average Bonchev–Trinajstić information content (AvgIpc) is 2.47. The summed E-state index contributed by atoms with van der Waals surface area (Å²) in [6.45, 7) is 4.51. The molecule has 0 aliphatic rings. The number of benzene rings is 1. The van der Waals surface area contributed by atoms with Gasteiger partial charge < -0.3 is 15.4 Å². The van der Waals surface area contributed by atoms with Crippen LogP contribution in [0.4, 0.5) is 8.78 Å². The van der Waals surface area contributed by atoms with Crippen LogP contribution in [0.15, 0.2) is 23.2 Å². The van der Waals surface area contributed by atoms with Crippen molar-refractivity contribution in [1.82, 2.24) is 10.6 Å². The molecule has 0 atom stereocenters. The summed E-state index contributed by atoms with van der Waals surface area (Å²) in [5.41, 5.74) is 0.359. The molecule has 0 aliphatic heterocycles. The van der Waals surface area contributed by atoms with Gasteiger partial charge in [-0.3, -0.25) is 4.99 Å². The molecule has 7 heteroatoms. The van der Waals surface area contributed by atoms with Crippen molar-refractivity contribution < 1.29 is 13.5 Å². The van der Waals surface area contributed by atoms with Crippen molar-refractivity contribution in [3.8, 4) is 0 Å². The van der Waals surface area contributed by atoms with Crippen molar-refractivity contribution >= 4 is 29.9 Å². The third-order valence-electron chi connectivity index (χ3n) is 2.82. The number of hydrogen-bond acceptors (Lipinski definition) is 2. The Morgan fingerprint density at radius 2 is 2.05 bits per heavy atom. The molecule has 1 aromatic carbocycles. The quantitative estimate of drug-likeness (QED) is 0.290. The third-order valence-corrected chi connectivity index (χ3v) is 2.82. The number of ether oxygens (including phenoxy) is 1. The number of rotatable bonds is 8. The predicted molar refractivity (Wildman–Crippen MR) is 96.0 cm³/mol. The number of nitrogens with one attached hydrogen (secondary N) is 2. The van der Waals surface area contributed by atoms with Gasteiger partial charge in [-0.2, -0.15) is 0 Å². The van der Waals surface area contributed by atoms with Gasteiger partial charge in [0.1, 0.15) is 11.6 Å². The second-order valence-electron chi connectivity index (χ2n) is 4.52. The van der Waals surface area contributed by atoms with Crippen LogP contribution < -0.4 is 10.6 Å². The molecule has 0 aliphatic carbocycles. The molecule has 0 amide bonds. The van der Waals surface area contributed by atoms with Crippen molar-refractivity contribution in [2.24, 2.45) is 4.99 Å². The third kappa shape index (κ3) is 8.47. The van der Waals surface area contributed by atoms with E-state index in [1.54, 1.807) is 7.11 Å². The van der Waals surface area contributed by atoms with Crippen LogP contribution in [0.2, 0.25) is 0 Å². The molecule has 1 aromatic rings. The van der Waals surface area contributed by atoms with E-state index in [1.165, 1.54) is 6.07 Å². The van der Waals surface area contributed by atoms with E-state index < -0.39 is 5.82 Å². The molecule has 126 valence electrons. The number of aliphatic imine (C=N–C) groups is 1. The summed E-state index contributed by atoms with van der Waals surface area (Å²) >= 11 is 0. The fraction of sp³-hybridized carbons (Fsp3) is 0.533. The molecule has 0 bridgehead atoms. The highest BCUT2D eigenvalue weighted by molar-refractivity contribution is 14.0. The van der Waals surface area contributed by atoms with Crippen LogP contribution in [0, 0.1) is 11.6 Å². The van der Waals surface area contributed by atoms with E-state index in [-0.39, 0.29) is 29.8 Å². The summed E-state index contributed by atoms with van der Waals surface area (Å²) in [5, 5.41) is 6.20. The second kappa shape index (κ2) is 12.6. The Bertz CT molecular complexity index is 458. The maximum Gasteiger partial charge on any atom is 0.191 e. The Balaban J connectivity index is 0.00000441. The van der Waals surface area contributed by atoms with Crippen molar-refractivity contribution in [3.63, 3.8) is 0 Å². The molecule has 0 unspecified atom stereocenters. The van der Waals surface area contributed by atoms with Crippen LogP contribution in [0.1, 0.15) is 18.9 Å². The number of methoxy groups -OCH3 is 1. The predicted octanol–water partition coefficient (Wildman–Crippen LogP) is 2.72. The first-order chi connectivity index (χ1) is 10.2. The fourth-order valence-corrected chi connectivity index (χ4v) is 1.79. The summed E-state index contributed by atoms with van der Waals surface area (Å²) in [5.74, 6) is -0.141. The standard InChI is InChI=1S/C15H23F2N3O.HI/c1-3-18-15(19-8-4-10-21-2)20-9-7-12-11-13(16)5-6-14(12)17;/h5-6,11H,3-4,7-10H2,1-2H3,(H2,18,19,20);1H. The summed E-state index contributed by atoms with van der Waals surface area (Å²) in [6, 6.07) is 3.49. The molecule has 0 saturated carbocycles. The summed E-state index contributed by atoms with van der Waals surface area (Å²) in [7, 11) is 1.65. The van der Waals surface area contributed by atoms with E-state index in [0.29, 0.717) is 37.6 Å². The topological polar surface area (TPSA) is 45.7 Å². The molecule has 2 N–H and O–H groups in total. The lowest BCUT2D eigenvalue weighted by Crippen LogP contribution is -2.38. The summed E-state index contributed by atoms with van der Waals surface area (Å²) in [6.07, 6.45) is 1.23. The molecule has 0 spiro atoms.